The van der Waals surface area contributed by atoms with Crippen molar-refractivity contribution in [2.24, 2.45) is 5.73 Å². The van der Waals surface area contributed by atoms with Gasteiger partial charge in [0.1, 0.15) is 6.04 Å². The number of methoxy groups -OCH3 is 1. The first-order valence-corrected chi connectivity index (χ1v) is 4.47. The van der Waals surface area contributed by atoms with Crippen LogP contribution in [-0.2, 0) is 16.1 Å². The van der Waals surface area contributed by atoms with Crippen molar-refractivity contribution < 1.29 is 9.53 Å². The summed E-state index contributed by atoms with van der Waals surface area (Å²) in [6.07, 6.45) is 2.40. The van der Waals surface area contributed by atoms with Crippen LogP contribution in [0.1, 0.15) is 12.1 Å². The molecule has 5 heteroatoms. The number of hydrogen-bond acceptors (Lipinski definition) is 4. The lowest BCUT2D eigenvalue weighted by molar-refractivity contribution is -0.142. The second kappa shape index (κ2) is 4.76. The Bertz CT molecular complexity index is 309. The molecule has 78 valence electrons. The molecular formula is C9H15N3O2. The predicted molar refractivity (Wildman–Crippen MR) is 51.6 cm³/mol. The Morgan fingerprint density at radius 3 is 3.00 bits per heavy atom. The summed E-state index contributed by atoms with van der Waals surface area (Å²) >= 11 is 0. The highest BCUT2D eigenvalue weighted by Gasteiger charge is 2.13. The minimum Gasteiger partial charge on any atom is -0.468 e. The Kier molecular flexibility index (Phi) is 3.64. The van der Waals surface area contributed by atoms with Gasteiger partial charge in [0.2, 0.25) is 0 Å². The van der Waals surface area contributed by atoms with E-state index in [0.29, 0.717) is 13.0 Å². The van der Waals surface area contributed by atoms with Crippen molar-refractivity contribution in [3.63, 3.8) is 0 Å². The number of esters is 1. The van der Waals surface area contributed by atoms with E-state index in [1.807, 2.05) is 19.2 Å². The summed E-state index contributed by atoms with van der Waals surface area (Å²) in [6, 6.07) is 1.34. The molecule has 1 atom stereocenters. The summed E-state index contributed by atoms with van der Waals surface area (Å²) in [5.41, 5.74) is 6.52. The number of nitrogens with two attached hydrogens (primary N) is 1. The van der Waals surface area contributed by atoms with Crippen LogP contribution in [0.25, 0.3) is 0 Å². The van der Waals surface area contributed by atoms with Gasteiger partial charge in [0.15, 0.2) is 0 Å². The lowest BCUT2D eigenvalue weighted by Gasteiger charge is -2.08. The zero-order chi connectivity index (χ0) is 10.6. The van der Waals surface area contributed by atoms with E-state index in [9.17, 15) is 4.79 Å². The van der Waals surface area contributed by atoms with Crippen molar-refractivity contribution in [2.75, 3.05) is 7.11 Å². The number of nitrogens with zero attached hydrogens (tertiary/aromatic N) is 2. The van der Waals surface area contributed by atoms with Gasteiger partial charge < -0.3 is 10.5 Å². The molecule has 0 saturated heterocycles. The first-order chi connectivity index (χ1) is 6.63. The Morgan fingerprint density at radius 1 is 1.79 bits per heavy atom. The fourth-order valence-corrected chi connectivity index (χ4v) is 1.13. The van der Waals surface area contributed by atoms with Crippen molar-refractivity contribution >= 4 is 5.97 Å². The molecule has 0 saturated carbocycles. The second-order valence-corrected chi connectivity index (χ2v) is 3.14. The average Bonchev–Trinajstić information content (AvgIpc) is 2.59. The normalized spacial score (nSPS) is 12.5. The van der Waals surface area contributed by atoms with Gasteiger partial charge >= 0.3 is 5.97 Å². The molecule has 0 fully saturated rings. The smallest absolute Gasteiger partial charge is 0.322 e. The highest BCUT2D eigenvalue weighted by Crippen LogP contribution is 1.97. The summed E-state index contributed by atoms with van der Waals surface area (Å²) in [5.74, 6) is -0.381. The molecule has 0 aliphatic heterocycles. The number of ether oxygens (including phenoxy) is 1. The Hall–Kier alpha value is -1.36. The van der Waals surface area contributed by atoms with Crippen molar-refractivity contribution in [2.45, 2.75) is 25.9 Å². The molecule has 1 heterocycles. The minimum absolute atomic E-state index is 0.381. The van der Waals surface area contributed by atoms with Crippen molar-refractivity contribution in [3.05, 3.63) is 18.0 Å². The predicted octanol–water partition coefficient (Wildman–Crippen LogP) is 0.0819. The van der Waals surface area contributed by atoms with Gasteiger partial charge in [-0.3, -0.25) is 9.48 Å². The van der Waals surface area contributed by atoms with Crippen LogP contribution in [0, 0.1) is 6.92 Å². The lowest BCUT2D eigenvalue weighted by Crippen LogP contribution is -2.32. The average molecular weight is 197 g/mol. The van der Waals surface area contributed by atoms with E-state index in [4.69, 9.17) is 5.73 Å². The maximum absolute atomic E-state index is 11.0. The third kappa shape index (κ3) is 2.85. The molecule has 0 amide bonds. The van der Waals surface area contributed by atoms with E-state index in [1.54, 1.807) is 4.68 Å². The van der Waals surface area contributed by atoms with Gasteiger partial charge in [-0.25, -0.2) is 0 Å². The molecule has 14 heavy (non-hydrogen) atoms. The van der Waals surface area contributed by atoms with Crippen LogP contribution in [0.3, 0.4) is 0 Å². The first-order valence-electron chi connectivity index (χ1n) is 4.47. The molecule has 0 aromatic carbocycles. The molecule has 1 aromatic heterocycles. The van der Waals surface area contributed by atoms with E-state index in [1.165, 1.54) is 7.11 Å². The van der Waals surface area contributed by atoms with Crippen LogP contribution in [0.4, 0.5) is 0 Å². The molecule has 0 spiro atoms. The topological polar surface area (TPSA) is 70.1 Å². The van der Waals surface area contributed by atoms with E-state index in [-0.39, 0.29) is 5.97 Å². The van der Waals surface area contributed by atoms with Crippen molar-refractivity contribution in [1.29, 1.82) is 0 Å². The number of aryl methyl sites for hydroxylation is 2. The number of rotatable bonds is 4. The van der Waals surface area contributed by atoms with Crippen LogP contribution in [0.2, 0.25) is 0 Å². The Labute approximate surface area is 82.8 Å². The summed E-state index contributed by atoms with van der Waals surface area (Å²) in [7, 11) is 1.33. The molecule has 1 aromatic rings. The van der Waals surface area contributed by atoms with Gasteiger partial charge in [0.05, 0.1) is 12.8 Å². The molecule has 2 N–H and O–H groups in total. The van der Waals surface area contributed by atoms with Crippen LogP contribution < -0.4 is 5.73 Å². The highest BCUT2D eigenvalue weighted by atomic mass is 16.5. The van der Waals surface area contributed by atoms with Gasteiger partial charge in [-0.15, -0.1) is 0 Å². The quantitative estimate of drug-likeness (QED) is 0.694. The van der Waals surface area contributed by atoms with Crippen LogP contribution in [0.15, 0.2) is 12.3 Å². The van der Waals surface area contributed by atoms with Gasteiger partial charge in [0.25, 0.3) is 0 Å². The van der Waals surface area contributed by atoms with Crippen LogP contribution in [0.5, 0.6) is 0 Å². The number of carbonyl (C=O) groups excluding carboxylic acids is 1. The largest absolute Gasteiger partial charge is 0.468 e. The second-order valence-electron chi connectivity index (χ2n) is 3.14. The lowest BCUT2D eigenvalue weighted by atomic mass is 10.2. The molecule has 0 aliphatic rings. The number of carbonyl (C=O) groups is 1. The summed E-state index contributed by atoms with van der Waals surface area (Å²) < 4.78 is 6.27. The van der Waals surface area contributed by atoms with E-state index in [0.717, 1.165) is 5.69 Å². The van der Waals surface area contributed by atoms with Gasteiger partial charge in [-0.05, 0) is 19.4 Å². The summed E-state index contributed by atoms with van der Waals surface area (Å²) in [6.45, 7) is 2.54. The maximum Gasteiger partial charge on any atom is 0.322 e. The first kappa shape index (κ1) is 10.7. The highest BCUT2D eigenvalue weighted by molar-refractivity contribution is 5.75. The zero-order valence-corrected chi connectivity index (χ0v) is 8.43. The summed E-state index contributed by atoms with van der Waals surface area (Å²) in [4.78, 5) is 11.0. The molecule has 1 rings (SSSR count). The molecule has 1 unspecified atom stereocenters. The van der Waals surface area contributed by atoms with Crippen molar-refractivity contribution in [3.8, 4) is 0 Å². The monoisotopic (exact) mass is 197 g/mol. The molecule has 0 radical (unpaired) electrons. The van der Waals surface area contributed by atoms with Gasteiger partial charge in [-0.2, -0.15) is 5.10 Å². The summed E-state index contributed by atoms with van der Waals surface area (Å²) in [5, 5.41) is 4.18. The standard InChI is InChI=1S/C9H15N3O2/c1-7-3-5-12(11-7)6-4-8(10)9(13)14-2/h3,5,8H,4,6,10H2,1-2H3. The van der Waals surface area contributed by atoms with E-state index < -0.39 is 6.04 Å². The Balaban J connectivity index is 2.37. The molecular weight excluding hydrogens is 182 g/mol. The molecule has 5 nitrogen and oxygen atoms in total. The fraction of sp³-hybridized carbons (Fsp3) is 0.556. The maximum atomic E-state index is 11.0. The number of hydrogen-bond donors (Lipinski definition) is 1. The van der Waals surface area contributed by atoms with E-state index >= 15 is 0 Å². The Morgan fingerprint density at radius 2 is 2.50 bits per heavy atom. The third-order valence-corrected chi connectivity index (χ3v) is 1.95. The molecule has 0 aliphatic carbocycles. The zero-order valence-electron chi connectivity index (χ0n) is 8.43. The third-order valence-electron chi connectivity index (χ3n) is 1.95. The van der Waals surface area contributed by atoms with Crippen LogP contribution >= 0.6 is 0 Å². The fourth-order valence-electron chi connectivity index (χ4n) is 1.13. The molecule has 0 bridgehead atoms. The van der Waals surface area contributed by atoms with Crippen molar-refractivity contribution in [1.82, 2.24) is 9.78 Å². The van der Waals surface area contributed by atoms with Gasteiger partial charge in [-0.1, -0.05) is 0 Å². The number of aromatic nitrogens is 2. The SMILES string of the molecule is COC(=O)C(N)CCn1ccc(C)n1. The van der Waals surface area contributed by atoms with E-state index in [2.05, 4.69) is 9.84 Å². The minimum atomic E-state index is -0.565. The van der Waals surface area contributed by atoms with Gasteiger partial charge in [0, 0.05) is 12.7 Å². The van der Waals surface area contributed by atoms with Crippen LogP contribution in [-0.4, -0.2) is 28.9 Å².